The van der Waals surface area contributed by atoms with Crippen molar-refractivity contribution in [3.63, 3.8) is 0 Å². The first-order chi connectivity index (χ1) is 17.4. The van der Waals surface area contributed by atoms with Crippen LogP contribution in [0.5, 0.6) is 0 Å². The molecule has 1 atom stereocenters. The fourth-order valence-corrected chi connectivity index (χ4v) is 4.46. The van der Waals surface area contributed by atoms with Crippen molar-refractivity contribution in [2.75, 3.05) is 29.9 Å². The fourth-order valence-electron chi connectivity index (χ4n) is 4.46. The summed E-state index contributed by atoms with van der Waals surface area (Å²) in [5.41, 5.74) is 1.66. The van der Waals surface area contributed by atoms with E-state index in [-0.39, 0.29) is 23.1 Å². The summed E-state index contributed by atoms with van der Waals surface area (Å²) in [7, 11) is 0. The third-order valence-corrected chi connectivity index (χ3v) is 6.31. The Kier molecular flexibility index (Phi) is 6.17. The lowest BCUT2D eigenvalue weighted by atomic mass is 10.0. The number of carbonyl (C=O) groups excluding carboxylic acids is 1. The molecule has 0 radical (unpaired) electrons. The van der Waals surface area contributed by atoms with Crippen LogP contribution in [0, 0.1) is 23.0 Å². The number of hydrogen-bond acceptors (Lipinski definition) is 5. The molecule has 1 saturated heterocycles. The number of fused-ring (bicyclic) bond motifs is 1. The number of piperazine rings is 1. The number of amides is 2. The second kappa shape index (κ2) is 9.58. The number of benzene rings is 3. The Balaban J connectivity index is 1.36. The van der Waals surface area contributed by atoms with Gasteiger partial charge in [0.25, 0.3) is 0 Å². The smallest absolute Gasteiger partial charge is 0.322 e. The van der Waals surface area contributed by atoms with Crippen LogP contribution in [0.4, 0.5) is 25.1 Å². The number of nitrogens with one attached hydrogen (secondary N) is 1. The number of hydrogen-bond donors (Lipinski definition) is 1. The summed E-state index contributed by atoms with van der Waals surface area (Å²) in [6.45, 7) is 3.31. The quantitative estimate of drug-likeness (QED) is 0.433. The zero-order chi connectivity index (χ0) is 25.2. The molecule has 9 heteroatoms. The summed E-state index contributed by atoms with van der Waals surface area (Å²) in [6.07, 6.45) is 0. The summed E-state index contributed by atoms with van der Waals surface area (Å²) in [6, 6.07) is 19.3. The zero-order valence-electron chi connectivity index (χ0n) is 19.4. The molecule has 1 aliphatic heterocycles. The van der Waals surface area contributed by atoms with Crippen LogP contribution in [0.15, 0.2) is 66.7 Å². The minimum absolute atomic E-state index is 0.0299. The number of nitrogens with zero attached hydrogens (tertiary/aromatic N) is 5. The summed E-state index contributed by atoms with van der Waals surface area (Å²) in [5.74, 6) is -0.260. The van der Waals surface area contributed by atoms with Crippen molar-refractivity contribution in [2.24, 2.45) is 0 Å². The van der Waals surface area contributed by atoms with Crippen molar-refractivity contribution >= 4 is 28.3 Å². The van der Waals surface area contributed by atoms with E-state index in [4.69, 9.17) is 5.26 Å². The summed E-state index contributed by atoms with van der Waals surface area (Å²) >= 11 is 0. The lowest BCUT2D eigenvalue weighted by molar-refractivity contribution is 0.200. The lowest BCUT2D eigenvalue weighted by Crippen LogP contribution is -2.55. The third kappa shape index (κ3) is 4.41. The highest BCUT2D eigenvalue weighted by atomic mass is 19.1. The molecule has 0 unspecified atom stereocenters. The van der Waals surface area contributed by atoms with Crippen LogP contribution in [0.25, 0.3) is 22.0 Å². The van der Waals surface area contributed by atoms with E-state index in [1.54, 1.807) is 17.0 Å². The van der Waals surface area contributed by atoms with Crippen molar-refractivity contribution in [1.82, 2.24) is 15.1 Å². The number of rotatable bonds is 3. The topological polar surface area (TPSA) is 85.2 Å². The first kappa shape index (κ1) is 23.2. The highest BCUT2D eigenvalue weighted by Gasteiger charge is 2.29. The van der Waals surface area contributed by atoms with Crippen molar-refractivity contribution < 1.29 is 13.6 Å². The highest BCUT2D eigenvalue weighted by molar-refractivity contribution is 6.00. The normalized spacial score (nSPS) is 15.6. The van der Waals surface area contributed by atoms with Crippen LogP contribution in [0.2, 0.25) is 0 Å². The molecule has 7 nitrogen and oxygen atoms in total. The minimum atomic E-state index is -0.655. The molecule has 180 valence electrons. The van der Waals surface area contributed by atoms with Gasteiger partial charge >= 0.3 is 6.03 Å². The molecule has 0 bridgehead atoms. The van der Waals surface area contributed by atoms with Crippen LogP contribution in [0.3, 0.4) is 0 Å². The Hall–Kier alpha value is -4.58. The molecule has 0 aliphatic carbocycles. The van der Waals surface area contributed by atoms with Crippen molar-refractivity contribution in [3.8, 4) is 17.3 Å². The van der Waals surface area contributed by atoms with Gasteiger partial charge in [0.15, 0.2) is 5.82 Å². The first-order valence-electron chi connectivity index (χ1n) is 11.5. The maximum atomic E-state index is 14.2. The van der Waals surface area contributed by atoms with E-state index >= 15 is 0 Å². The molecule has 1 fully saturated rings. The fraction of sp³-hybridized carbons (Fsp3) is 0.185. The van der Waals surface area contributed by atoms with Gasteiger partial charge in [-0.1, -0.05) is 24.3 Å². The number of nitriles is 1. The van der Waals surface area contributed by atoms with Gasteiger partial charge in [-0.15, -0.1) is 10.2 Å². The second-order valence-electron chi connectivity index (χ2n) is 8.65. The number of anilines is 2. The largest absolute Gasteiger partial charge is 0.348 e. The van der Waals surface area contributed by atoms with Crippen LogP contribution in [-0.2, 0) is 0 Å². The molecule has 0 spiro atoms. The van der Waals surface area contributed by atoms with Crippen molar-refractivity contribution in [1.29, 1.82) is 5.26 Å². The molecule has 5 rings (SSSR count). The molecule has 0 saturated carbocycles. The summed E-state index contributed by atoms with van der Waals surface area (Å²) in [4.78, 5) is 16.5. The molecular weight excluding hydrogens is 462 g/mol. The molecule has 36 heavy (non-hydrogen) atoms. The van der Waals surface area contributed by atoms with Crippen molar-refractivity contribution in [3.05, 3.63) is 83.9 Å². The van der Waals surface area contributed by atoms with E-state index in [1.165, 1.54) is 24.3 Å². The maximum Gasteiger partial charge on any atom is 0.322 e. The first-order valence-corrected chi connectivity index (χ1v) is 11.5. The summed E-state index contributed by atoms with van der Waals surface area (Å²) < 4.78 is 27.6. The van der Waals surface area contributed by atoms with Crippen LogP contribution < -0.4 is 10.2 Å². The van der Waals surface area contributed by atoms with E-state index in [2.05, 4.69) is 20.4 Å². The third-order valence-electron chi connectivity index (χ3n) is 6.31. The predicted molar refractivity (Wildman–Crippen MR) is 133 cm³/mol. The van der Waals surface area contributed by atoms with Gasteiger partial charge in [0.2, 0.25) is 0 Å². The van der Waals surface area contributed by atoms with Gasteiger partial charge in [0.1, 0.15) is 17.3 Å². The molecule has 2 amide bonds. The summed E-state index contributed by atoms with van der Waals surface area (Å²) in [5, 5.41) is 22.3. The van der Waals surface area contributed by atoms with Gasteiger partial charge in [0, 0.05) is 42.0 Å². The van der Waals surface area contributed by atoms with Gasteiger partial charge in [-0.3, -0.25) is 0 Å². The number of aromatic nitrogens is 2. The van der Waals surface area contributed by atoms with Crippen LogP contribution >= 0.6 is 0 Å². The van der Waals surface area contributed by atoms with E-state index < -0.39 is 11.8 Å². The number of carbonyl (C=O) groups is 1. The Morgan fingerprint density at radius 3 is 2.47 bits per heavy atom. The number of halogens is 2. The average Bonchev–Trinajstić information content (AvgIpc) is 2.90. The van der Waals surface area contributed by atoms with E-state index in [9.17, 15) is 13.6 Å². The monoisotopic (exact) mass is 484 g/mol. The van der Waals surface area contributed by atoms with Crippen LogP contribution in [0.1, 0.15) is 12.5 Å². The van der Waals surface area contributed by atoms with Gasteiger partial charge in [-0.25, -0.2) is 13.6 Å². The number of urea groups is 1. The Labute approximate surface area is 206 Å². The van der Waals surface area contributed by atoms with E-state index in [0.29, 0.717) is 31.1 Å². The highest BCUT2D eigenvalue weighted by Crippen LogP contribution is 2.33. The average molecular weight is 485 g/mol. The molecule has 4 aromatic rings. The Morgan fingerprint density at radius 2 is 1.78 bits per heavy atom. The SMILES string of the molecule is C[C@H]1CN(C(=O)Nc2ccc(C#N)cc2F)CCN1c1nnc(-c2ccc(F)cc2)c2ccccc12. The maximum absolute atomic E-state index is 14.2. The minimum Gasteiger partial charge on any atom is -0.348 e. The van der Waals surface area contributed by atoms with Crippen LogP contribution in [-0.4, -0.2) is 46.8 Å². The van der Waals surface area contributed by atoms with Gasteiger partial charge in [-0.2, -0.15) is 5.26 Å². The second-order valence-corrected chi connectivity index (χ2v) is 8.65. The van der Waals surface area contributed by atoms with Gasteiger partial charge in [0.05, 0.1) is 17.3 Å². The molecule has 1 aliphatic rings. The Morgan fingerprint density at radius 1 is 1.03 bits per heavy atom. The molecule has 3 aromatic carbocycles. The lowest BCUT2D eigenvalue weighted by Gasteiger charge is -2.40. The zero-order valence-corrected chi connectivity index (χ0v) is 19.4. The van der Waals surface area contributed by atoms with E-state index in [0.717, 1.165) is 22.4 Å². The molecule has 1 N–H and O–H groups in total. The van der Waals surface area contributed by atoms with E-state index in [1.807, 2.05) is 37.3 Å². The van der Waals surface area contributed by atoms with Gasteiger partial charge < -0.3 is 15.1 Å². The molecule has 1 aromatic heterocycles. The van der Waals surface area contributed by atoms with Gasteiger partial charge in [-0.05, 0) is 49.4 Å². The molecule has 2 heterocycles. The standard InChI is InChI=1S/C27H22F2N6O/c1-17-16-34(27(36)31-24-11-6-18(15-30)14-23(24)29)12-13-35(17)26-22-5-3-2-4-21(22)25(32-33-26)19-7-9-20(28)10-8-19/h2-11,14,17H,12-13,16H2,1H3,(H,31,36)/t17-/m0/s1. The van der Waals surface area contributed by atoms with Crippen molar-refractivity contribution in [2.45, 2.75) is 13.0 Å². The predicted octanol–water partition coefficient (Wildman–Crippen LogP) is 5.19. The Bertz CT molecular complexity index is 1480. The molecular formula is C27H22F2N6O.